The summed E-state index contributed by atoms with van der Waals surface area (Å²) in [7, 11) is 0. The lowest BCUT2D eigenvalue weighted by atomic mass is 9.82. The third-order valence-corrected chi connectivity index (χ3v) is 11.1. The molecule has 0 N–H and O–H groups in total. The summed E-state index contributed by atoms with van der Waals surface area (Å²) in [5.41, 5.74) is 17.9. The molecule has 0 amide bonds. The monoisotopic (exact) mass is 703 g/mol. The molecule has 3 heteroatoms. The molecule has 2 heterocycles. The van der Waals surface area contributed by atoms with Gasteiger partial charge in [0.05, 0.1) is 22.6 Å². The molecule has 0 atom stereocenters. The molecule has 0 spiro atoms. The van der Waals surface area contributed by atoms with E-state index in [2.05, 4.69) is 166 Å². The van der Waals surface area contributed by atoms with Crippen molar-refractivity contribution in [3.63, 3.8) is 0 Å². The van der Waals surface area contributed by atoms with Crippen LogP contribution in [0.5, 0.6) is 0 Å². The highest BCUT2D eigenvalue weighted by Crippen LogP contribution is 2.50. The Morgan fingerprint density at radius 2 is 0.800 bits per heavy atom. The van der Waals surface area contributed by atoms with Gasteiger partial charge in [-0.15, -0.1) is 0 Å². The number of nitrogens with zero attached hydrogens (tertiary/aromatic N) is 3. The number of aromatic nitrogens is 3. The summed E-state index contributed by atoms with van der Waals surface area (Å²) < 4.78 is 0. The second kappa shape index (κ2) is 13.2. The van der Waals surface area contributed by atoms with Crippen LogP contribution in [0.25, 0.3) is 89.4 Å². The molecule has 10 rings (SSSR count). The van der Waals surface area contributed by atoms with E-state index in [4.69, 9.17) is 15.0 Å². The van der Waals surface area contributed by atoms with Crippen molar-refractivity contribution in [2.24, 2.45) is 0 Å². The zero-order valence-corrected chi connectivity index (χ0v) is 30.7. The molecule has 0 unspecified atom stereocenters. The average molecular weight is 704 g/mol. The van der Waals surface area contributed by atoms with Gasteiger partial charge in [-0.1, -0.05) is 178 Å². The number of rotatable bonds is 6. The van der Waals surface area contributed by atoms with Crippen LogP contribution in [0, 0.1) is 0 Å². The Morgan fingerprint density at radius 1 is 0.327 bits per heavy atom. The lowest BCUT2D eigenvalue weighted by Gasteiger charge is -2.22. The minimum absolute atomic E-state index is 0.0943. The highest BCUT2D eigenvalue weighted by Gasteiger charge is 2.35. The third kappa shape index (κ3) is 5.82. The SMILES string of the molecule is CC1(C)c2ccccc2-c2cc3c(-c4ccc(-c5ccc(-c6nc(-c7ccccc7)cc(-c7ccccc7)n6)cc5)cc4)cc(-c4ccccc4)nc3cc21. The topological polar surface area (TPSA) is 38.7 Å². The maximum atomic E-state index is 5.27. The summed E-state index contributed by atoms with van der Waals surface area (Å²) >= 11 is 0. The van der Waals surface area contributed by atoms with Crippen molar-refractivity contribution in [3.8, 4) is 78.5 Å². The number of fused-ring (bicyclic) bond motifs is 4. The van der Waals surface area contributed by atoms with Gasteiger partial charge >= 0.3 is 0 Å². The second-order valence-corrected chi connectivity index (χ2v) is 14.9. The summed E-state index contributed by atoms with van der Waals surface area (Å²) in [5, 5.41) is 1.16. The van der Waals surface area contributed by atoms with E-state index in [1.165, 1.54) is 27.8 Å². The summed E-state index contributed by atoms with van der Waals surface area (Å²) in [6.07, 6.45) is 0. The first-order valence-electron chi connectivity index (χ1n) is 18.9. The molecule has 1 aliphatic rings. The average Bonchev–Trinajstić information content (AvgIpc) is 3.48. The van der Waals surface area contributed by atoms with Gasteiger partial charge < -0.3 is 0 Å². The van der Waals surface area contributed by atoms with Gasteiger partial charge in [0.25, 0.3) is 0 Å². The molecule has 1 aliphatic carbocycles. The predicted molar refractivity (Wildman–Crippen MR) is 228 cm³/mol. The van der Waals surface area contributed by atoms with Gasteiger partial charge in [-0.3, -0.25) is 0 Å². The Morgan fingerprint density at radius 3 is 1.36 bits per heavy atom. The summed E-state index contributed by atoms with van der Waals surface area (Å²) in [5.74, 6) is 0.707. The normalized spacial score (nSPS) is 12.7. The summed E-state index contributed by atoms with van der Waals surface area (Å²) in [6, 6.07) is 66.5. The van der Waals surface area contributed by atoms with Crippen LogP contribution in [0.4, 0.5) is 0 Å². The molecule has 0 saturated carbocycles. The zero-order valence-electron chi connectivity index (χ0n) is 30.7. The van der Waals surface area contributed by atoms with Crippen LogP contribution >= 0.6 is 0 Å². The maximum Gasteiger partial charge on any atom is 0.160 e. The van der Waals surface area contributed by atoms with Crippen molar-refractivity contribution in [1.29, 1.82) is 0 Å². The molecule has 9 aromatic rings. The van der Waals surface area contributed by atoms with Crippen LogP contribution in [-0.4, -0.2) is 15.0 Å². The molecule has 7 aromatic carbocycles. The number of pyridine rings is 1. The van der Waals surface area contributed by atoms with E-state index in [0.29, 0.717) is 5.82 Å². The van der Waals surface area contributed by atoms with Crippen LogP contribution in [0.3, 0.4) is 0 Å². The highest BCUT2D eigenvalue weighted by molar-refractivity contribution is 6.01. The van der Waals surface area contributed by atoms with Crippen molar-refractivity contribution in [1.82, 2.24) is 15.0 Å². The summed E-state index contributed by atoms with van der Waals surface area (Å²) in [6.45, 7) is 4.65. The van der Waals surface area contributed by atoms with Crippen molar-refractivity contribution in [2.45, 2.75) is 19.3 Å². The van der Waals surface area contributed by atoms with Gasteiger partial charge in [-0.25, -0.2) is 15.0 Å². The van der Waals surface area contributed by atoms with Gasteiger partial charge in [-0.2, -0.15) is 0 Å². The van der Waals surface area contributed by atoms with E-state index in [0.717, 1.165) is 66.9 Å². The molecule has 0 radical (unpaired) electrons. The molecule has 260 valence electrons. The van der Waals surface area contributed by atoms with Gasteiger partial charge in [-0.05, 0) is 68.8 Å². The first-order valence-corrected chi connectivity index (χ1v) is 18.9. The first-order chi connectivity index (χ1) is 27.0. The first kappa shape index (κ1) is 32.7. The molecule has 0 saturated heterocycles. The number of hydrogen-bond donors (Lipinski definition) is 0. The lowest BCUT2D eigenvalue weighted by molar-refractivity contribution is 0.661. The minimum atomic E-state index is -0.0943. The number of benzene rings is 7. The summed E-state index contributed by atoms with van der Waals surface area (Å²) in [4.78, 5) is 15.3. The van der Waals surface area contributed by atoms with Crippen LogP contribution in [-0.2, 0) is 5.41 Å². The molecule has 0 fully saturated rings. The zero-order chi connectivity index (χ0) is 36.9. The van der Waals surface area contributed by atoms with Crippen molar-refractivity contribution >= 4 is 10.9 Å². The molecule has 55 heavy (non-hydrogen) atoms. The van der Waals surface area contributed by atoms with Crippen molar-refractivity contribution < 1.29 is 0 Å². The van der Waals surface area contributed by atoms with E-state index in [-0.39, 0.29) is 5.41 Å². The number of hydrogen-bond acceptors (Lipinski definition) is 3. The van der Waals surface area contributed by atoms with E-state index in [9.17, 15) is 0 Å². The Balaban J connectivity index is 1.03. The van der Waals surface area contributed by atoms with Crippen LogP contribution in [0.2, 0.25) is 0 Å². The predicted octanol–water partition coefficient (Wildman–Crippen LogP) is 13.3. The molecular formula is C52H37N3. The third-order valence-electron chi connectivity index (χ3n) is 11.1. The van der Waals surface area contributed by atoms with Gasteiger partial charge in [0, 0.05) is 33.1 Å². The quantitative estimate of drug-likeness (QED) is 0.173. The van der Waals surface area contributed by atoms with E-state index < -0.39 is 0 Å². The Kier molecular flexibility index (Phi) is 7.81. The Labute approximate surface area is 321 Å². The molecule has 0 bridgehead atoms. The lowest BCUT2D eigenvalue weighted by Crippen LogP contribution is -2.14. The Bertz CT molecular complexity index is 2790. The fourth-order valence-corrected chi connectivity index (χ4v) is 8.16. The maximum absolute atomic E-state index is 5.27. The van der Waals surface area contributed by atoms with E-state index in [1.807, 2.05) is 36.4 Å². The van der Waals surface area contributed by atoms with Crippen molar-refractivity contribution in [3.05, 3.63) is 199 Å². The van der Waals surface area contributed by atoms with Crippen molar-refractivity contribution in [2.75, 3.05) is 0 Å². The van der Waals surface area contributed by atoms with Gasteiger partial charge in [0.2, 0.25) is 0 Å². The second-order valence-electron chi connectivity index (χ2n) is 14.9. The van der Waals surface area contributed by atoms with E-state index >= 15 is 0 Å². The molecular weight excluding hydrogens is 667 g/mol. The molecule has 3 nitrogen and oxygen atoms in total. The molecule has 2 aromatic heterocycles. The smallest absolute Gasteiger partial charge is 0.160 e. The minimum Gasteiger partial charge on any atom is -0.248 e. The fourth-order valence-electron chi connectivity index (χ4n) is 8.16. The standard InChI is InChI=1S/C52H37N3/c1-52(2)45-21-13-12-20-41(45)43-30-44-42(31-47(37-14-6-3-7-15-37)53-50(44)32-46(43)52)36-26-22-34(23-27-36)35-24-28-40(29-25-35)51-54-48(38-16-8-4-9-17-38)33-49(55-51)39-18-10-5-11-19-39/h3-33H,1-2H3. The van der Waals surface area contributed by atoms with Crippen LogP contribution < -0.4 is 0 Å². The Hall–Kier alpha value is -6.97. The highest BCUT2D eigenvalue weighted by atomic mass is 14.9. The fraction of sp³-hybridized carbons (Fsp3) is 0.0577. The molecule has 0 aliphatic heterocycles. The van der Waals surface area contributed by atoms with Crippen LogP contribution in [0.1, 0.15) is 25.0 Å². The van der Waals surface area contributed by atoms with Crippen LogP contribution in [0.15, 0.2) is 188 Å². The van der Waals surface area contributed by atoms with Gasteiger partial charge in [0.15, 0.2) is 5.82 Å². The van der Waals surface area contributed by atoms with Gasteiger partial charge in [0.1, 0.15) is 0 Å². The van der Waals surface area contributed by atoms with E-state index in [1.54, 1.807) is 0 Å². The largest absolute Gasteiger partial charge is 0.248 e.